The first kappa shape index (κ1) is 13.1. The van der Waals surface area contributed by atoms with Gasteiger partial charge in [0.25, 0.3) is 5.89 Å². The lowest BCUT2D eigenvalue weighted by molar-refractivity contribution is 0.0530. The molecule has 7 nitrogen and oxygen atoms in total. The number of morpholine rings is 1. The lowest BCUT2D eigenvalue weighted by atomic mass is 10.4. The molecule has 2 aromatic heterocycles. The highest BCUT2D eigenvalue weighted by molar-refractivity contribution is 7.13. The van der Waals surface area contributed by atoms with E-state index in [0.29, 0.717) is 38.1 Å². The van der Waals surface area contributed by atoms with Crippen molar-refractivity contribution in [2.45, 2.75) is 6.54 Å². The van der Waals surface area contributed by atoms with Crippen LogP contribution < -0.4 is 5.32 Å². The van der Waals surface area contributed by atoms with Crippen LogP contribution in [-0.2, 0) is 11.3 Å². The number of carbonyl (C=O) groups excluding carboxylic acids is 1. The molecule has 2 amide bonds. The van der Waals surface area contributed by atoms with Crippen molar-refractivity contribution in [1.82, 2.24) is 20.4 Å². The summed E-state index contributed by atoms with van der Waals surface area (Å²) in [6, 6.07) is 3.70. The van der Waals surface area contributed by atoms with Crippen LogP contribution in [0.2, 0.25) is 0 Å². The third-order valence-corrected chi connectivity index (χ3v) is 3.75. The summed E-state index contributed by atoms with van der Waals surface area (Å²) in [4.78, 5) is 14.5. The quantitative estimate of drug-likeness (QED) is 0.924. The SMILES string of the molecule is O=C(NCc1nnc(-c2cccs2)o1)N1CCOCC1. The number of urea groups is 1. The largest absolute Gasteiger partial charge is 0.418 e. The number of thiophene rings is 1. The van der Waals surface area contributed by atoms with Crippen molar-refractivity contribution in [3.63, 3.8) is 0 Å². The number of hydrogen-bond acceptors (Lipinski definition) is 6. The lowest BCUT2D eigenvalue weighted by Gasteiger charge is -2.26. The first-order valence-corrected chi connectivity index (χ1v) is 7.17. The maximum absolute atomic E-state index is 11.9. The predicted octanol–water partition coefficient (Wildman–Crippen LogP) is 1.34. The first-order valence-electron chi connectivity index (χ1n) is 6.30. The number of amides is 2. The standard InChI is InChI=1S/C12H14N4O3S/c17-12(16-3-5-18-6-4-16)13-8-10-14-15-11(19-10)9-2-1-7-20-9/h1-2,7H,3-6,8H2,(H,13,17). The summed E-state index contributed by atoms with van der Waals surface area (Å²) >= 11 is 1.53. The van der Waals surface area contributed by atoms with Crippen LogP contribution in [0.15, 0.2) is 21.9 Å². The molecule has 1 aliphatic heterocycles. The molecule has 3 rings (SSSR count). The second kappa shape index (κ2) is 6.02. The van der Waals surface area contributed by atoms with E-state index < -0.39 is 0 Å². The smallest absolute Gasteiger partial charge is 0.317 e. The van der Waals surface area contributed by atoms with Crippen molar-refractivity contribution < 1.29 is 13.9 Å². The summed E-state index contributed by atoms with van der Waals surface area (Å²) in [5.41, 5.74) is 0. The van der Waals surface area contributed by atoms with Crippen LogP contribution in [-0.4, -0.2) is 47.4 Å². The van der Waals surface area contributed by atoms with Gasteiger partial charge in [-0.25, -0.2) is 4.79 Å². The molecule has 0 saturated carbocycles. The van der Waals surface area contributed by atoms with Crippen LogP contribution in [0.4, 0.5) is 4.79 Å². The Kier molecular flexibility index (Phi) is 3.93. The molecule has 0 spiro atoms. The minimum atomic E-state index is -0.135. The average Bonchev–Trinajstić information content (AvgIpc) is 3.16. The van der Waals surface area contributed by atoms with Gasteiger partial charge in [-0.15, -0.1) is 21.5 Å². The van der Waals surface area contributed by atoms with E-state index in [9.17, 15) is 4.79 Å². The molecule has 0 radical (unpaired) electrons. The Morgan fingerprint density at radius 3 is 3.00 bits per heavy atom. The molecule has 3 heterocycles. The third-order valence-electron chi connectivity index (χ3n) is 2.89. The molecule has 1 saturated heterocycles. The van der Waals surface area contributed by atoms with E-state index in [1.807, 2.05) is 17.5 Å². The monoisotopic (exact) mass is 294 g/mol. The van der Waals surface area contributed by atoms with E-state index in [-0.39, 0.29) is 12.6 Å². The molecule has 1 aliphatic rings. The lowest BCUT2D eigenvalue weighted by Crippen LogP contribution is -2.45. The van der Waals surface area contributed by atoms with Gasteiger partial charge in [-0.3, -0.25) is 0 Å². The van der Waals surface area contributed by atoms with Crippen LogP contribution in [0.3, 0.4) is 0 Å². The number of aromatic nitrogens is 2. The van der Waals surface area contributed by atoms with Crippen LogP contribution in [0.25, 0.3) is 10.8 Å². The zero-order valence-corrected chi connectivity index (χ0v) is 11.6. The van der Waals surface area contributed by atoms with Crippen LogP contribution in [0, 0.1) is 0 Å². The zero-order valence-electron chi connectivity index (χ0n) is 10.7. The fourth-order valence-electron chi connectivity index (χ4n) is 1.85. The van der Waals surface area contributed by atoms with Crippen LogP contribution in [0.1, 0.15) is 5.89 Å². The molecule has 1 fully saturated rings. The molecule has 0 aliphatic carbocycles. The molecular formula is C12H14N4O3S. The Morgan fingerprint density at radius 1 is 1.40 bits per heavy atom. The molecule has 0 aromatic carbocycles. The summed E-state index contributed by atoms with van der Waals surface area (Å²) in [5, 5.41) is 12.6. The number of nitrogens with zero attached hydrogens (tertiary/aromatic N) is 3. The summed E-state index contributed by atoms with van der Waals surface area (Å²) in [7, 11) is 0. The molecule has 8 heteroatoms. The molecule has 0 atom stereocenters. The second-order valence-electron chi connectivity index (χ2n) is 4.24. The predicted molar refractivity (Wildman–Crippen MR) is 72.2 cm³/mol. The second-order valence-corrected chi connectivity index (χ2v) is 5.18. The van der Waals surface area contributed by atoms with Gasteiger partial charge in [0.2, 0.25) is 5.89 Å². The van der Waals surface area contributed by atoms with Gasteiger partial charge in [0.1, 0.15) is 0 Å². The minimum absolute atomic E-state index is 0.135. The van der Waals surface area contributed by atoms with Crippen molar-refractivity contribution in [2.24, 2.45) is 0 Å². The van der Waals surface area contributed by atoms with Crippen molar-refractivity contribution in [3.05, 3.63) is 23.4 Å². The minimum Gasteiger partial charge on any atom is -0.418 e. The summed E-state index contributed by atoms with van der Waals surface area (Å²) < 4.78 is 10.7. The average molecular weight is 294 g/mol. The van der Waals surface area contributed by atoms with Crippen molar-refractivity contribution >= 4 is 17.4 Å². The highest BCUT2D eigenvalue weighted by Crippen LogP contribution is 2.22. The van der Waals surface area contributed by atoms with Crippen molar-refractivity contribution in [1.29, 1.82) is 0 Å². The van der Waals surface area contributed by atoms with E-state index in [2.05, 4.69) is 15.5 Å². The van der Waals surface area contributed by atoms with Crippen LogP contribution >= 0.6 is 11.3 Å². The molecule has 0 bridgehead atoms. The number of rotatable bonds is 3. The Balaban J connectivity index is 1.54. The van der Waals surface area contributed by atoms with Gasteiger partial charge in [-0.2, -0.15) is 0 Å². The Labute approximate surface area is 119 Å². The van der Waals surface area contributed by atoms with E-state index in [0.717, 1.165) is 4.88 Å². The van der Waals surface area contributed by atoms with E-state index in [1.54, 1.807) is 4.90 Å². The Morgan fingerprint density at radius 2 is 2.25 bits per heavy atom. The molecular weight excluding hydrogens is 280 g/mol. The van der Waals surface area contributed by atoms with Gasteiger partial charge >= 0.3 is 6.03 Å². The van der Waals surface area contributed by atoms with E-state index in [1.165, 1.54) is 11.3 Å². The number of carbonyl (C=O) groups is 1. The first-order chi connectivity index (χ1) is 9.83. The zero-order chi connectivity index (χ0) is 13.8. The van der Waals surface area contributed by atoms with Gasteiger partial charge in [0.15, 0.2) is 0 Å². The summed E-state index contributed by atoms with van der Waals surface area (Å²) in [6.07, 6.45) is 0. The maximum Gasteiger partial charge on any atom is 0.317 e. The summed E-state index contributed by atoms with van der Waals surface area (Å²) in [5.74, 6) is 0.880. The highest BCUT2D eigenvalue weighted by Gasteiger charge is 2.17. The topological polar surface area (TPSA) is 80.5 Å². The van der Waals surface area contributed by atoms with Crippen molar-refractivity contribution in [3.8, 4) is 10.8 Å². The van der Waals surface area contributed by atoms with E-state index >= 15 is 0 Å². The van der Waals surface area contributed by atoms with Gasteiger partial charge < -0.3 is 19.4 Å². The fourth-order valence-corrected chi connectivity index (χ4v) is 2.50. The van der Waals surface area contributed by atoms with Crippen molar-refractivity contribution in [2.75, 3.05) is 26.3 Å². The van der Waals surface area contributed by atoms with E-state index in [4.69, 9.17) is 9.15 Å². The number of ether oxygens (including phenoxy) is 1. The van der Waals surface area contributed by atoms with Crippen LogP contribution in [0.5, 0.6) is 0 Å². The van der Waals surface area contributed by atoms with Gasteiger partial charge in [-0.1, -0.05) is 6.07 Å². The molecule has 2 aromatic rings. The van der Waals surface area contributed by atoms with Gasteiger partial charge in [-0.05, 0) is 11.4 Å². The molecule has 106 valence electrons. The molecule has 20 heavy (non-hydrogen) atoms. The number of hydrogen-bond donors (Lipinski definition) is 1. The normalized spacial score (nSPS) is 15.3. The Hall–Kier alpha value is -1.93. The van der Waals surface area contributed by atoms with Gasteiger partial charge in [0, 0.05) is 13.1 Å². The molecule has 0 unspecified atom stereocenters. The summed E-state index contributed by atoms with van der Waals surface area (Å²) in [6.45, 7) is 2.60. The molecule has 1 N–H and O–H groups in total. The highest BCUT2D eigenvalue weighted by atomic mass is 32.1. The van der Waals surface area contributed by atoms with Gasteiger partial charge in [0.05, 0.1) is 24.6 Å². The fraction of sp³-hybridized carbons (Fsp3) is 0.417. The third kappa shape index (κ3) is 2.97. The Bertz CT molecular complexity index is 563. The maximum atomic E-state index is 11.9. The number of nitrogens with one attached hydrogen (secondary N) is 1.